The van der Waals surface area contributed by atoms with Crippen LogP contribution in [0.3, 0.4) is 0 Å². The zero-order chi connectivity index (χ0) is 22.2. The Morgan fingerprint density at radius 2 is 2.00 bits per heavy atom. The van der Waals surface area contributed by atoms with Crippen molar-refractivity contribution in [3.63, 3.8) is 0 Å². The largest absolute Gasteiger partial charge is 0.372 e. The van der Waals surface area contributed by atoms with Gasteiger partial charge in [-0.25, -0.2) is 9.50 Å². The summed E-state index contributed by atoms with van der Waals surface area (Å²) in [4.78, 5) is 10.9. The molecule has 166 valence electrons. The molecule has 9 heteroatoms. The summed E-state index contributed by atoms with van der Waals surface area (Å²) in [6.45, 7) is 6.76. The number of anilines is 2. The van der Waals surface area contributed by atoms with Gasteiger partial charge in [0.1, 0.15) is 5.82 Å². The minimum Gasteiger partial charge on any atom is -0.372 e. The SMILES string of the molecule is Cc1cncc(Nc2cc3cc(-c4c(CO[C@@H]5CN(C)C[C@@H]5C)cnn4C)ccn3n2)n1. The summed E-state index contributed by atoms with van der Waals surface area (Å²) in [7, 11) is 4.11. The molecule has 2 atom stereocenters. The van der Waals surface area contributed by atoms with E-state index in [2.05, 4.69) is 56.5 Å². The molecule has 0 aliphatic carbocycles. The van der Waals surface area contributed by atoms with Crippen molar-refractivity contribution in [3.8, 4) is 11.3 Å². The Morgan fingerprint density at radius 3 is 2.78 bits per heavy atom. The normalized spacial score (nSPS) is 19.1. The Bertz CT molecular complexity index is 1250. The molecule has 4 aromatic rings. The molecular formula is C23H28N8O. The summed E-state index contributed by atoms with van der Waals surface area (Å²) < 4.78 is 10.0. The number of aromatic nitrogens is 6. The molecule has 5 heterocycles. The quantitative estimate of drug-likeness (QED) is 0.501. The van der Waals surface area contributed by atoms with E-state index in [1.807, 2.05) is 41.6 Å². The van der Waals surface area contributed by atoms with Gasteiger partial charge in [-0.05, 0) is 32.0 Å². The Labute approximate surface area is 187 Å². The second-order valence-corrected chi connectivity index (χ2v) is 8.68. The lowest BCUT2D eigenvalue weighted by Gasteiger charge is -2.16. The maximum absolute atomic E-state index is 6.28. The summed E-state index contributed by atoms with van der Waals surface area (Å²) in [6.07, 6.45) is 7.53. The van der Waals surface area contributed by atoms with Crippen molar-refractivity contribution >= 4 is 17.2 Å². The van der Waals surface area contributed by atoms with E-state index in [1.54, 1.807) is 12.4 Å². The first-order valence-electron chi connectivity index (χ1n) is 10.8. The van der Waals surface area contributed by atoms with Crippen LogP contribution < -0.4 is 5.32 Å². The third-order valence-corrected chi connectivity index (χ3v) is 5.94. The number of pyridine rings is 1. The number of fused-ring (bicyclic) bond motifs is 1. The first kappa shape index (κ1) is 20.6. The van der Waals surface area contributed by atoms with Crippen LogP contribution in [0.4, 0.5) is 11.6 Å². The Hall–Kier alpha value is -3.30. The van der Waals surface area contributed by atoms with Crippen molar-refractivity contribution in [2.24, 2.45) is 13.0 Å². The van der Waals surface area contributed by atoms with Crippen molar-refractivity contribution in [2.75, 3.05) is 25.5 Å². The number of aryl methyl sites for hydroxylation is 2. The van der Waals surface area contributed by atoms with Crippen LogP contribution in [-0.4, -0.2) is 60.5 Å². The molecule has 9 nitrogen and oxygen atoms in total. The van der Waals surface area contributed by atoms with E-state index < -0.39 is 0 Å². The lowest BCUT2D eigenvalue weighted by atomic mass is 10.1. The van der Waals surface area contributed by atoms with E-state index in [-0.39, 0.29) is 6.10 Å². The lowest BCUT2D eigenvalue weighted by Crippen LogP contribution is -2.21. The maximum atomic E-state index is 6.28. The topological polar surface area (TPSA) is 85.4 Å². The highest BCUT2D eigenvalue weighted by Crippen LogP contribution is 2.28. The third-order valence-electron chi connectivity index (χ3n) is 5.94. The molecule has 1 fully saturated rings. The van der Waals surface area contributed by atoms with Gasteiger partial charge in [0, 0.05) is 49.7 Å². The Kier molecular flexibility index (Phi) is 5.36. The second kappa shape index (κ2) is 8.33. The predicted octanol–water partition coefficient (Wildman–Crippen LogP) is 3.04. The highest BCUT2D eigenvalue weighted by molar-refractivity contribution is 5.71. The molecule has 0 amide bonds. The molecule has 0 aromatic carbocycles. The van der Waals surface area contributed by atoms with Gasteiger partial charge in [-0.3, -0.25) is 9.67 Å². The molecule has 1 N–H and O–H groups in total. The summed E-state index contributed by atoms with van der Waals surface area (Å²) in [5.41, 5.74) is 5.06. The number of nitrogens with one attached hydrogen (secondary N) is 1. The van der Waals surface area contributed by atoms with Gasteiger partial charge in [0.05, 0.1) is 42.0 Å². The second-order valence-electron chi connectivity index (χ2n) is 8.68. The van der Waals surface area contributed by atoms with E-state index in [1.165, 1.54) is 0 Å². The third kappa shape index (κ3) is 4.09. The van der Waals surface area contributed by atoms with Gasteiger partial charge in [0.25, 0.3) is 0 Å². The Balaban J connectivity index is 1.38. The molecule has 1 saturated heterocycles. The summed E-state index contributed by atoms with van der Waals surface area (Å²) >= 11 is 0. The van der Waals surface area contributed by atoms with E-state index in [0.717, 1.165) is 46.9 Å². The molecule has 32 heavy (non-hydrogen) atoms. The van der Waals surface area contributed by atoms with Gasteiger partial charge in [0.2, 0.25) is 0 Å². The number of likely N-dealkylation sites (tertiary alicyclic amines) is 1. The number of hydrogen-bond acceptors (Lipinski definition) is 7. The molecular weight excluding hydrogens is 404 g/mol. The lowest BCUT2D eigenvalue weighted by molar-refractivity contribution is 0.0273. The van der Waals surface area contributed by atoms with E-state index in [9.17, 15) is 0 Å². The highest BCUT2D eigenvalue weighted by Gasteiger charge is 2.28. The fourth-order valence-corrected chi connectivity index (χ4v) is 4.40. The number of ether oxygens (including phenoxy) is 1. The fraction of sp³-hybridized carbons (Fsp3) is 0.391. The number of rotatable bonds is 6. The van der Waals surface area contributed by atoms with Crippen LogP contribution in [0.25, 0.3) is 16.8 Å². The number of nitrogens with zero attached hydrogens (tertiary/aromatic N) is 7. The minimum atomic E-state index is 0.253. The molecule has 0 radical (unpaired) electrons. The average Bonchev–Trinajstić information content (AvgIpc) is 3.41. The molecule has 0 unspecified atom stereocenters. The van der Waals surface area contributed by atoms with Crippen LogP contribution in [0.1, 0.15) is 18.2 Å². The molecule has 1 aliphatic heterocycles. The smallest absolute Gasteiger partial charge is 0.154 e. The minimum absolute atomic E-state index is 0.253. The Morgan fingerprint density at radius 1 is 1.12 bits per heavy atom. The highest BCUT2D eigenvalue weighted by atomic mass is 16.5. The van der Waals surface area contributed by atoms with E-state index in [0.29, 0.717) is 18.3 Å². The van der Waals surface area contributed by atoms with E-state index >= 15 is 0 Å². The van der Waals surface area contributed by atoms with Crippen molar-refractivity contribution in [1.29, 1.82) is 0 Å². The first-order chi connectivity index (χ1) is 15.5. The van der Waals surface area contributed by atoms with E-state index in [4.69, 9.17) is 4.74 Å². The van der Waals surface area contributed by atoms with Crippen LogP contribution in [0, 0.1) is 12.8 Å². The van der Waals surface area contributed by atoms with Crippen LogP contribution in [0.2, 0.25) is 0 Å². The van der Waals surface area contributed by atoms with Crippen LogP contribution in [0.5, 0.6) is 0 Å². The monoisotopic (exact) mass is 432 g/mol. The molecule has 4 aromatic heterocycles. The van der Waals surface area contributed by atoms with Gasteiger partial charge in [-0.1, -0.05) is 6.92 Å². The van der Waals surface area contributed by atoms with Gasteiger partial charge in [0.15, 0.2) is 5.82 Å². The van der Waals surface area contributed by atoms with Gasteiger partial charge < -0.3 is 15.0 Å². The zero-order valence-electron chi connectivity index (χ0n) is 18.9. The van der Waals surface area contributed by atoms with Crippen LogP contribution in [0.15, 0.2) is 43.0 Å². The van der Waals surface area contributed by atoms with Crippen molar-refractivity contribution in [2.45, 2.75) is 26.6 Å². The predicted molar refractivity (Wildman–Crippen MR) is 123 cm³/mol. The molecule has 1 aliphatic rings. The fourth-order valence-electron chi connectivity index (χ4n) is 4.40. The van der Waals surface area contributed by atoms with Crippen molar-refractivity contribution < 1.29 is 4.74 Å². The molecule has 0 saturated carbocycles. The summed E-state index contributed by atoms with van der Waals surface area (Å²) in [6, 6.07) is 6.17. The first-order valence-corrected chi connectivity index (χ1v) is 10.8. The average molecular weight is 433 g/mol. The van der Waals surface area contributed by atoms with Crippen molar-refractivity contribution in [1.82, 2.24) is 34.3 Å². The van der Waals surface area contributed by atoms with Gasteiger partial charge in [-0.15, -0.1) is 0 Å². The van der Waals surface area contributed by atoms with Crippen LogP contribution in [-0.2, 0) is 18.4 Å². The number of likely N-dealkylation sites (N-methyl/N-ethyl adjacent to an activating group) is 1. The molecule has 0 bridgehead atoms. The maximum Gasteiger partial charge on any atom is 0.154 e. The summed E-state index contributed by atoms with van der Waals surface area (Å²) in [5.74, 6) is 1.92. The summed E-state index contributed by atoms with van der Waals surface area (Å²) in [5, 5.41) is 12.3. The van der Waals surface area contributed by atoms with Crippen molar-refractivity contribution in [3.05, 3.63) is 54.2 Å². The zero-order valence-corrected chi connectivity index (χ0v) is 18.9. The number of hydrogen-bond donors (Lipinski definition) is 1. The van der Waals surface area contributed by atoms with Gasteiger partial charge >= 0.3 is 0 Å². The van der Waals surface area contributed by atoms with Gasteiger partial charge in [-0.2, -0.15) is 10.2 Å². The standard InChI is InChI=1S/C23H28N8O/c1-15-12-29(3)13-20(15)32-14-18-10-25-30(4)23(18)17-5-6-31-19(7-17)8-21(28-31)27-22-11-24-9-16(2)26-22/h5-11,15,20H,12-14H2,1-4H3,(H,26,27,28)/t15-,20+/m0/s1. The van der Waals surface area contributed by atoms with Crippen LogP contribution >= 0.6 is 0 Å². The molecule has 0 spiro atoms. The molecule has 5 rings (SSSR count).